The molecule has 0 heterocycles. The summed E-state index contributed by atoms with van der Waals surface area (Å²) in [5, 5.41) is 2.55. The summed E-state index contributed by atoms with van der Waals surface area (Å²) in [6, 6.07) is 12.5. The van der Waals surface area contributed by atoms with E-state index < -0.39 is 6.09 Å². The van der Waals surface area contributed by atoms with E-state index in [1.165, 1.54) is 12.2 Å². The second-order valence-corrected chi connectivity index (χ2v) is 6.26. The van der Waals surface area contributed by atoms with Crippen LogP contribution < -0.4 is 5.32 Å². The zero-order valence-corrected chi connectivity index (χ0v) is 14.6. The predicted molar refractivity (Wildman–Crippen MR) is 97.2 cm³/mol. The number of halogens is 1. The Morgan fingerprint density at radius 2 is 1.62 bits per heavy atom. The SMILES string of the molecule is O=C(Nc1ccc(I)c2c1C(=O)C=CC2=O)OCc1ccccc1. The lowest BCUT2D eigenvalue weighted by Gasteiger charge is -2.16. The number of benzene rings is 2. The van der Waals surface area contributed by atoms with E-state index >= 15 is 0 Å². The molecule has 3 rings (SSSR count). The van der Waals surface area contributed by atoms with E-state index in [1.54, 1.807) is 12.1 Å². The topological polar surface area (TPSA) is 72.5 Å². The summed E-state index contributed by atoms with van der Waals surface area (Å²) in [4.78, 5) is 36.1. The average Bonchev–Trinajstić information content (AvgIpc) is 2.59. The quantitative estimate of drug-likeness (QED) is 0.744. The fourth-order valence-electron chi connectivity index (χ4n) is 2.37. The number of carbonyl (C=O) groups is 3. The molecular formula is C18H12INO4. The molecule has 2 aromatic rings. The van der Waals surface area contributed by atoms with Gasteiger partial charge in [0.15, 0.2) is 11.6 Å². The molecule has 1 aliphatic carbocycles. The molecule has 0 bridgehead atoms. The molecule has 0 saturated carbocycles. The molecule has 6 heteroatoms. The molecular weight excluding hydrogens is 421 g/mol. The average molecular weight is 433 g/mol. The number of allylic oxidation sites excluding steroid dienone is 2. The minimum Gasteiger partial charge on any atom is -0.444 e. The number of carbonyl (C=O) groups excluding carboxylic acids is 3. The first-order valence-electron chi connectivity index (χ1n) is 7.13. The van der Waals surface area contributed by atoms with Crippen LogP contribution in [0.25, 0.3) is 0 Å². The van der Waals surface area contributed by atoms with E-state index in [2.05, 4.69) is 5.32 Å². The van der Waals surface area contributed by atoms with Gasteiger partial charge in [-0.3, -0.25) is 14.9 Å². The Labute approximate surface area is 151 Å². The molecule has 120 valence electrons. The first-order chi connectivity index (χ1) is 11.6. The fraction of sp³-hybridized carbons (Fsp3) is 0.0556. The largest absolute Gasteiger partial charge is 0.444 e. The second kappa shape index (κ2) is 6.96. The summed E-state index contributed by atoms with van der Waals surface area (Å²) in [6.07, 6.45) is 1.77. The first kappa shape index (κ1) is 16.4. The number of hydrogen-bond donors (Lipinski definition) is 1. The van der Waals surface area contributed by atoms with Gasteiger partial charge in [-0.05, 0) is 52.4 Å². The van der Waals surface area contributed by atoms with Crippen molar-refractivity contribution >= 4 is 45.9 Å². The third kappa shape index (κ3) is 3.38. The lowest BCUT2D eigenvalue weighted by molar-refractivity contribution is 0.0994. The molecule has 0 aliphatic heterocycles. The smallest absolute Gasteiger partial charge is 0.411 e. The van der Waals surface area contributed by atoms with Gasteiger partial charge in [-0.25, -0.2) is 4.79 Å². The minimum absolute atomic E-state index is 0.117. The van der Waals surface area contributed by atoms with Crippen LogP contribution in [0.5, 0.6) is 0 Å². The third-order valence-corrected chi connectivity index (χ3v) is 4.38. The van der Waals surface area contributed by atoms with Gasteiger partial charge in [0.25, 0.3) is 0 Å². The van der Waals surface area contributed by atoms with Crippen LogP contribution in [0.1, 0.15) is 26.3 Å². The van der Waals surface area contributed by atoms with Crippen molar-refractivity contribution in [2.75, 3.05) is 5.32 Å². The van der Waals surface area contributed by atoms with Gasteiger partial charge in [-0.2, -0.15) is 0 Å². The summed E-state index contributed by atoms with van der Waals surface area (Å²) < 4.78 is 5.81. The van der Waals surface area contributed by atoms with Crippen LogP contribution in [0.2, 0.25) is 0 Å². The van der Waals surface area contributed by atoms with Gasteiger partial charge in [0.2, 0.25) is 0 Å². The van der Waals surface area contributed by atoms with Crippen molar-refractivity contribution in [3.63, 3.8) is 0 Å². The zero-order valence-electron chi connectivity index (χ0n) is 12.4. The molecule has 2 aromatic carbocycles. The maximum absolute atomic E-state index is 12.1. The number of nitrogens with one attached hydrogen (secondary N) is 1. The number of anilines is 1. The number of hydrogen-bond acceptors (Lipinski definition) is 4. The summed E-state index contributed by atoms with van der Waals surface area (Å²) in [6.45, 7) is 0.117. The van der Waals surface area contributed by atoms with E-state index in [4.69, 9.17) is 4.74 Å². The van der Waals surface area contributed by atoms with Gasteiger partial charge in [0.1, 0.15) is 6.61 Å². The Kier molecular flexibility index (Phi) is 4.75. The Balaban J connectivity index is 1.79. The van der Waals surface area contributed by atoms with Gasteiger partial charge in [-0.1, -0.05) is 30.3 Å². The summed E-state index contributed by atoms with van der Waals surface area (Å²) in [7, 11) is 0. The van der Waals surface area contributed by atoms with Crippen molar-refractivity contribution in [2.24, 2.45) is 0 Å². The number of ether oxygens (including phenoxy) is 1. The number of rotatable bonds is 3. The van der Waals surface area contributed by atoms with Gasteiger partial charge in [-0.15, -0.1) is 0 Å². The predicted octanol–water partition coefficient (Wildman–Crippen LogP) is 3.98. The lowest BCUT2D eigenvalue weighted by Crippen LogP contribution is -2.20. The monoisotopic (exact) mass is 433 g/mol. The Bertz CT molecular complexity index is 859. The van der Waals surface area contributed by atoms with E-state index in [0.29, 0.717) is 9.13 Å². The maximum Gasteiger partial charge on any atom is 0.411 e. The van der Waals surface area contributed by atoms with Crippen LogP contribution in [-0.2, 0) is 11.3 Å². The molecule has 1 aliphatic rings. The molecule has 0 aromatic heterocycles. The number of ketones is 2. The highest BCUT2D eigenvalue weighted by molar-refractivity contribution is 14.1. The van der Waals surface area contributed by atoms with Gasteiger partial charge >= 0.3 is 6.09 Å². The highest BCUT2D eigenvalue weighted by Gasteiger charge is 2.25. The standard InChI is InChI=1S/C18H12INO4/c19-12-6-7-13(17-15(22)9-8-14(21)16(12)17)20-18(23)24-10-11-4-2-1-3-5-11/h1-9H,10H2,(H,20,23). The van der Waals surface area contributed by atoms with Crippen molar-refractivity contribution in [3.8, 4) is 0 Å². The second-order valence-electron chi connectivity index (χ2n) is 5.09. The van der Waals surface area contributed by atoms with Crippen LogP contribution >= 0.6 is 22.6 Å². The van der Waals surface area contributed by atoms with Crippen molar-refractivity contribution in [1.29, 1.82) is 0 Å². The van der Waals surface area contributed by atoms with E-state index in [0.717, 1.165) is 5.56 Å². The van der Waals surface area contributed by atoms with Crippen LogP contribution in [0.3, 0.4) is 0 Å². The van der Waals surface area contributed by atoms with Gasteiger partial charge in [0, 0.05) is 9.13 Å². The van der Waals surface area contributed by atoms with Crippen LogP contribution in [0, 0.1) is 3.57 Å². The highest BCUT2D eigenvalue weighted by atomic mass is 127. The molecule has 0 fully saturated rings. The molecule has 24 heavy (non-hydrogen) atoms. The molecule has 1 amide bonds. The Morgan fingerprint density at radius 1 is 0.958 bits per heavy atom. The lowest BCUT2D eigenvalue weighted by atomic mass is 9.93. The van der Waals surface area contributed by atoms with Crippen LogP contribution in [0.4, 0.5) is 10.5 Å². The normalized spacial score (nSPS) is 12.7. The molecule has 0 atom stereocenters. The van der Waals surface area contributed by atoms with Crippen LogP contribution in [-0.4, -0.2) is 17.7 Å². The summed E-state index contributed by atoms with van der Waals surface area (Å²) in [5.74, 6) is -0.572. The Morgan fingerprint density at radius 3 is 2.33 bits per heavy atom. The van der Waals surface area contributed by atoms with Crippen LogP contribution in [0.15, 0.2) is 54.6 Å². The summed E-state index contributed by atoms with van der Waals surface area (Å²) >= 11 is 1.99. The van der Waals surface area contributed by atoms with E-state index in [9.17, 15) is 14.4 Å². The van der Waals surface area contributed by atoms with Gasteiger partial charge in [0.05, 0.1) is 11.3 Å². The maximum atomic E-state index is 12.1. The number of amides is 1. The van der Waals surface area contributed by atoms with Gasteiger partial charge < -0.3 is 4.74 Å². The van der Waals surface area contributed by atoms with Crippen molar-refractivity contribution < 1.29 is 19.1 Å². The molecule has 0 radical (unpaired) electrons. The third-order valence-electron chi connectivity index (χ3n) is 3.48. The van der Waals surface area contributed by atoms with Crippen molar-refractivity contribution in [2.45, 2.75) is 6.61 Å². The summed E-state index contributed by atoms with van der Waals surface area (Å²) in [5.41, 5.74) is 1.63. The molecule has 0 spiro atoms. The molecule has 0 saturated heterocycles. The zero-order chi connectivity index (χ0) is 17.1. The molecule has 5 nitrogen and oxygen atoms in total. The Hall–Kier alpha value is -2.48. The van der Waals surface area contributed by atoms with Crippen molar-refractivity contribution in [3.05, 3.63) is 74.9 Å². The van der Waals surface area contributed by atoms with E-state index in [-0.39, 0.29) is 29.4 Å². The van der Waals surface area contributed by atoms with E-state index in [1.807, 2.05) is 52.9 Å². The highest BCUT2D eigenvalue weighted by Crippen LogP contribution is 2.29. The first-order valence-corrected chi connectivity index (χ1v) is 8.21. The molecule has 1 N–H and O–H groups in total. The molecule has 0 unspecified atom stereocenters. The number of fused-ring (bicyclic) bond motifs is 1. The minimum atomic E-state index is -0.683. The van der Waals surface area contributed by atoms with Crippen molar-refractivity contribution in [1.82, 2.24) is 0 Å². The fourth-order valence-corrected chi connectivity index (χ4v) is 3.08.